The molecule has 2 N–H and O–H groups in total. The fraction of sp³-hybridized carbons (Fsp3) is 0.647. The minimum absolute atomic E-state index is 0.725. The maximum absolute atomic E-state index is 6.00. The minimum Gasteiger partial charge on any atom is -0.399 e. The lowest BCUT2D eigenvalue weighted by Gasteiger charge is -2.39. The normalized spacial score (nSPS) is 23.0. The van der Waals surface area contributed by atoms with E-state index >= 15 is 0 Å². The number of benzene rings is 1. The molecule has 0 bridgehead atoms. The quantitative estimate of drug-likeness (QED) is 0.819. The van der Waals surface area contributed by atoms with Gasteiger partial charge in [-0.3, -0.25) is 4.90 Å². The molecule has 0 aromatic heterocycles. The number of anilines is 1. The van der Waals surface area contributed by atoms with E-state index in [0.717, 1.165) is 17.6 Å². The first-order valence-electron chi connectivity index (χ1n) is 7.74. The van der Waals surface area contributed by atoms with Gasteiger partial charge in [0.05, 0.1) is 0 Å². The highest BCUT2D eigenvalue weighted by atomic mass is 15.1. The Bertz CT molecular complexity index is 437. The molecule has 0 radical (unpaired) electrons. The second-order valence-electron chi connectivity index (χ2n) is 6.67. The van der Waals surface area contributed by atoms with Gasteiger partial charge in [0.15, 0.2) is 0 Å². The Hall–Kier alpha value is -1.02. The van der Waals surface area contributed by atoms with Gasteiger partial charge in [-0.15, -0.1) is 0 Å². The molecule has 2 fully saturated rings. The molecule has 2 aliphatic rings. The molecule has 1 saturated heterocycles. The molecule has 2 nitrogen and oxygen atoms in total. The zero-order valence-corrected chi connectivity index (χ0v) is 12.1. The van der Waals surface area contributed by atoms with Crippen molar-refractivity contribution in [3.05, 3.63) is 29.3 Å². The Kier molecular flexibility index (Phi) is 3.53. The number of nitrogen functional groups attached to an aromatic ring is 1. The van der Waals surface area contributed by atoms with Crippen LogP contribution in [0, 0.1) is 12.3 Å². The van der Waals surface area contributed by atoms with Crippen molar-refractivity contribution in [3.63, 3.8) is 0 Å². The van der Waals surface area contributed by atoms with Gasteiger partial charge in [-0.25, -0.2) is 0 Å². The van der Waals surface area contributed by atoms with E-state index in [9.17, 15) is 0 Å². The standard InChI is InChI=1S/C17H26N2/c1-14-4-5-15(12-16(14)18)13-19-10-8-17(9-11-19)6-2-3-7-17/h4-5,12H,2-3,6-11,13,18H2,1H3. The van der Waals surface area contributed by atoms with Crippen molar-refractivity contribution in [1.29, 1.82) is 0 Å². The maximum Gasteiger partial charge on any atom is 0.0346 e. The van der Waals surface area contributed by atoms with Crippen molar-refractivity contribution in [2.45, 2.75) is 52.0 Å². The number of rotatable bonds is 2. The fourth-order valence-electron chi connectivity index (χ4n) is 3.86. The summed E-state index contributed by atoms with van der Waals surface area (Å²) >= 11 is 0. The predicted octanol–water partition coefficient (Wildman–Crippen LogP) is 3.73. The minimum atomic E-state index is 0.725. The van der Waals surface area contributed by atoms with Crippen molar-refractivity contribution >= 4 is 5.69 Å². The van der Waals surface area contributed by atoms with Crippen LogP contribution in [0.1, 0.15) is 49.7 Å². The highest BCUT2D eigenvalue weighted by molar-refractivity contribution is 5.48. The molecule has 0 unspecified atom stereocenters. The van der Waals surface area contributed by atoms with Crippen LogP contribution in [0.3, 0.4) is 0 Å². The first-order valence-corrected chi connectivity index (χ1v) is 7.74. The average Bonchev–Trinajstić information content (AvgIpc) is 2.86. The Morgan fingerprint density at radius 2 is 1.79 bits per heavy atom. The van der Waals surface area contributed by atoms with Crippen LogP contribution in [0.4, 0.5) is 5.69 Å². The molecular weight excluding hydrogens is 232 g/mol. The first-order chi connectivity index (χ1) is 9.17. The lowest BCUT2D eigenvalue weighted by atomic mass is 9.77. The van der Waals surface area contributed by atoms with E-state index < -0.39 is 0 Å². The van der Waals surface area contributed by atoms with E-state index in [1.165, 1.54) is 62.7 Å². The summed E-state index contributed by atoms with van der Waals surface area (Å²) in [5.74, 6) is 0. The van der Waals surface area contributed by atoms with Gasteiger partial charge in [-0.2, -0.15) is 0 Å². The molecule has 1 spiro atoms. The number of hydrogen-bond donors (Lipinski definition) is 1. The average molecular weight is 258 g/mol. The van der Waals surface area contributed by atoms with Crippen LogP contribution in [0.15, 0.2) is 18.2 Å². The number of nitrogens with zero attached hydrogens (tertiary/aromatic N) is 1. The molecule has 1 aliphatic carbocycles. The van der Waals surface area contributed by atoms with Crippen molar-refractivity contribution in [2.24, 2.45) is 5.41 Å². The molecule has 19 heavy (non-hydrogen) atoms. The van der Waals surface area contributed by atoms with Crippen LogP contribution in [0.25, 0.3) is 0 Å². The zero-order chi connectivity index (χ0) is 13.3. The number of nitrogens with two attached hydrogens (primary N) is 1. The summed E-state index contributed by atoms with van der Waals surface area (Å²) in [7, 11) is 0. The third kappa shape index (κ3) is 2.79. The fourth-order valence-corrected chi connectivity index (χ4v) is 3.86. The van der Waals surface area contributed by atoms with Gasteiger partial charge in [-0.05, 0) is 68.3 Å². The van der Waals surface area contributed by atoms with E-state index in [2.05, 4.69) is 30.0 Å². The van der Waals surface area contributed by atoms with Crippen molar-refractivity contribution < 1.29 is 0 Å². The van der Waals surface area contributed by atoms with Crippen LogP contribution in [-0.2, 0) is 6.54 Å². The maximum atomic E-state index is 6.00. The lowest BCUT2D eigenvalue weighted by molar-refractivity contribution is 0.103. The van der Waals surface area contributed by atoms with Gasteiger partial charge in [0.25, 0.3) is 0 Å². The first kappa shape index (κ1) is 13.0. The molecule has 2 heteroatoms. The van der Waals surface area contributed by atoms with Gasteiger partial charge in [0, 0.05) is 12.2 Å². The number of piperidine rings is 1. The Morgan fingerprint density at radius 1 is 1.11 bits per heavy atom. The van der Waals surface area contributed by atoms with Crippen molar-refractivity contribution in [1.82, 2.24) is 4.90 Å². The van der Waals surface area contributed by atoms with Gasteiger partial charge in [-0.1, -0.05) is 25.0 Å². The van der Waals surface area contributed by atoms with Crippen molar-refractivity contribution in [2.75, 3.05) is 18.8 Å². The summed E-state index contributed by atoms with van der Waals surface area (Å²) in [6.45, 7) is 5.69. The SMILES string of the molecule is Cc1ccc(CN2CCC3(CCCC3)CC2)cc1N. The van der Waals surface area contributed by atoms with Crippen LogP contribution >= 0.6 is 0 Å². The molecule has 1 aromatic rings. The molecule has 1 aliphatic heterocycles. The molecule has 0 atom stereocenters. The van der Waals surface area contributed by atoms with E-state index in [0.29, 0.717) is 0 Å². The molecule has 1 saturated carbocycles. The topological polar surface area (TPSA) is 29.3 Å². The second kappa shape index (κ2) is 5.16. The Morgan fingerprint density at radius 3 is 2.42 bits per heavy atom. The van der Waals surface area contributed by atoms with Crippen LogP contribution in [-0.4, -0.2) is 18.0 Å². The summed E-state index contributed by atoms with van der Waals surface area (Å²) in [5, 5.41) is 0. The van der Waals surface area contributed by atoms with E-state index in [-0.39, 0.29) is 0 Å². The van der Waals surface area contributed by atoms with E-state index in [4.69, 9.17) is 5.73 Å². The number of aryl methyl sites for hydroxylation is 1. The van der Waals surface area contributed by atoms with Crippen LogP contribution in [0.5, 0.6) is 0 Å². The number of hydrogen-bond acceptors (Lipinski definition) is 2. The lowest BCUT2D eigenvalue weighted by Crippen LogP contribution is -2.38. The smallest absolute Gasteiger partial charge is 0.0346 e. The Labute approximate surface area is 117 Å². The van der Waals surface area contributed by atoms with Crippen molar-refractivity contribution in [3.8, 4) is 0 Å². The molecular formula is C17H26N2. The summed E-state index contributed by atoms with van der Waals surface area (Å²) in [6.07, 6.45) is 8.72. The third-order valence-electron chi connectivity index (χ3n) is 5.33. The summed E-state index contributed by atoms with van der Waals surface area (Å²) in [5.41, 5.74) is 10.2. The van der Waals surface area contributed by atoms with Gasteiger partial charge in [0.2, 0.25) is 0 Å². The summed E-state index contributed by atoms with van der Waals surface area (Å²) < 4.78 is 0. The second-order valence-corrected chi connectivity index (χ2v) is 6.67. The van der Waals surface area contributed by atoms with Crippen LogP contribution in [0.2, 0.25) is 0 Å². The highest BCUT2D eigenvalue weighted by Gasteiger charge is 2.36. The zero-order valence-electron chi connectivity index (χ0n) is 12.1. The molecule has 104 valence electrons. The monoisotopic (exact) mass is 258 g/mol. The van der Waals surface area contributed by atoms with Gasteiger partial charge < -0.3 is 5.73 Å². The largest absolute Gasteiger partial charge is 0.399 e. The molecule has 3 rings (SSSR count). The number of likely N-dealkylation sites (tertiary alicyclic amines) is 1. The Balaban J connectivity index is 1.58. The molecule has 0 amide bonds. The third-order valence-corrected chi connectivity index (χ3v) is 5.33. The van der Waals surface area contributed by atoms with E-state index in [1.807, 2.05) is 0 Å². The van der Waals surface area contributed by atoms with E-state index in [1.54, 1.807) is 0 Å². The van der Waals surface area contributed by atoms with Gasteiger partial charge >= 0.3 is 0 Å². The molecule has 1 heterocycles. The molecule has 1 aromatic carbocycles. The predicted molar refractivity (Wildman–Crippen MR) is 81.0 cm³/mol. The summed E-state index contributed by atoms with van der Waals surface area (Å²) in [6, 6.07) is 6.52. The van der Waals surface area contributed by atoms with Gasteiger partial charge in [0.1, 0.15) is 0 Å². The van der Waals surface area contributed by atoms with Crippen LogP contribution < -0.4 is 5.73 Å². The highest BCUT2D eigenvalue weighted by Crippen LogP contribution is 2.46. The summed E-state index contributed by atoms with van der Waals surface area (Å²) in [4.78, 5) is 2.60.